The Balaban J connectivity index is 0.930. The Morgan fingerprint density at radius 3 is 2.23 bits per heavy atom. The lowest BCUT2D eigenvalue weighted by molar-refractivity contribution is -0.255. The number of amides is 2. The summed E-state index contributed by atoms with van der Waals surface area (Å²) < 4.78 is 25.3. The van der Waals surface area contributed by atoms with Crippen molar-refractivity contribution in [3.05, 3.63) is 119 Å². The molecule has 3 heterocycles. The lowest BCUT2D eigenvalue weighted by Gasteiger charge is -2.41. The van der Waals surface area contributed by atoms with Crippen LogP contribution in [-0.4, -0.2) is 66.6 Å². The minimum absolute atomic E-state index is 0.0000304. The largest absolute Gasteiger partial charge is 0.397 e. The molecule has 3 fully saturated rings. The topological polar surface area (TPSA) is 145 Å². The van der Waals surface area contributed by atoms with Gasteiger partial charge in [0.05, 0.1) is 43.4 Å². The van der Waals surface area contributed by atoms with Crippen LogP contribution in [0.25, 0.3) is 11.1 Å². The molecular weight excluding hydrogens is 709 g/mol. The van der Waals surface area contributed by atoms with Gasteiger partial charge >= 0.3 is 0 Å². The molecule has 1 spiro atoms. The Bertz CT molecular complexity index is 1900. The van der Waals surface area contributed by atoms with E-state index in [9.17, 15) is 14.7 Å². The fourth-order valence-electron chi connectivity index (χ4n) is 7.77. The molecule has 0 unspecified atom stereocenters. The number of ether oxygens (including phenoxy) is 4. The van der Waals surface area contributed by atoms with Crippen LogP contribution in [0.5, 0.6) is 0 Å². The highest BCUT2D eigenvalue weighted by atomic mass is 16.7. The summed E-state index contributed by atoms with van der Waals surface area (Å²) in [5.41, 5.74) is 13.0. The van der Waals surface area contributed by atoms with Crippen LogP contribution in [0.2, 0.25) is 0 Å². The highest BCUT2D eigenvalue weighted by molar-refractivity contribution is 5.93. The van der Waals surface area contributed by atoms with Crippen molar-refractivity contribution < 1.29 is 33.6 Å². The van der Waals surface area contributed by atoms with Gasteiger partial charge in [0, 0.05) is 63.8 Å². The molecule has 5 N–H and O–H groups in total. The van der Waals surface area contributed by atoms with Gasteiger partial charge in [0.15, 0.2) is 12.1 Å². The van der Waals surface area contributed by atoms with Gasteiger partial charge in [-0.1, -0.05) is 79.2 Å². The molecule has 56 heavy (non-hydrogen) atoms. The zero-order valence-corrected chi connectivity index (χ0v) is 32.0. The number of carbonyl (C=O) groups is 2. The summed E-state index contributed by atoms with van der Waals surface area (Å²) in [5, 5.41) is 15.5. The molecule has 0 aliphatic carbocycles. The third kappa shape index (κ3) is 10.6. The quantitative estimate of drug-likeness (QED) is 0.0742. The first-order chi connectivity index (χ1) is 27.3. The Labute approximate surface area is 329 Å². The molecular formula is C45H54N4O7. The Morgan fingerprint density at radius 1 is 0.768 bits per heavy atom. The first-order valence-corrected chi connectivity index (χ1v) is 20.0. The maximum absolute atomic E-state index is 12.7. The van der Waals surface area contributed by atoms with Gasteiger partial charge in [-0.15, -0.1) is 0 Å². The molecule has 7 rings (SSSR count). The Kier molecular flexibility index (Phi) is 13.4. The second-order valence-corrected chi connectivity index (χ2v) is 15.1. The predicted octanol–water partition coefficient (Wildman–Crippen LogP) is 7.02. The van der Waals surface area contributed by atoms with Crippen LogP contribution in [0.15, 0.2) is 97.1 Å². The first-order valence-electron chi connectivity index (χ1n) is 20.0. The van der Waals surface area contributed by atoms with Crippen molar-refractivity contribution >= 4 is 23.2 Å². The number of nitrogens with zero attached hydrogens (tertiary/aromatic N) is 1. The van der Waals surface area contributed by atoms with Crippen molar-refractivity contribution in [3.63, 3.8) is 0 Å². The number of aliphatic hydroxyl groups is 1. The number of benzene rings is 4. The second-order valence-electron chi connectivity index (χ2n) is 15.1. The molecule has 3 aliphatic rings. The Morgan fingerprint density at radius 2 is 1.48 bits per heavy atom. The summed E-state index contributed by atoms with van der Waals surface area (Å²) in [5.74, 6) is -0.505. The van der Waals surface area contributed by atoms with Crippen molar-refractivity contribution in [3.8, 4) is 11.1 Å². The fourth-order valence-corrected chi connectivity index (χ4v) is 7.77. The fraction of sp³-hybridized carbons (Fsp3) is 0.422. The van der Waals surface area contributed by atoms with Gasteiger partial charge in [-0.2, -0.15) is 0 Å². The van der Waals surface area contributed by atoms with Gasteiger partial charge in [0.1, 0.15) is 0 Å². The summed E-state index contributed by atoms with van der Waals surface area (Å²) in [6.45, 7) is 4.32. The highest BCUT2D eigenvalue weighted by Crippen LogP contribution is 2.40. The van der Waals surface area contributed by atoms with Crippen molar-refractivity contribution in [2.45, 2.75) is 88.8 Å². The summed E-state index contributed by atoms with van der Waals surface area (Å²) in [4.78, 5) is 27.4. The molecule has 4 aromatic carbocycles. The first kappa shape index (κ1) is 39.6. The smallest absolute Gasteiger partial charge is 0.224 e. The SMILES string of the molecule is Nc1ccccc1NC(=O)CCCCCC(=O)NCc1cccc(-c2cccc([C@H]3O[C@@H](CN4CCC5(CC4)OCCO5)C[C@@H](c4ccc(CO)cc4)O3)c2)c1. The van der Waals surface area contributed by atoms with E-state index >= 15 is 0 Å². The number of hydrogen-bond donors (Lipinski definition) is 4. The van der Waals surface area contributed by atoms with Gasteiger partial charge in [-0.3, -0.25) is 9.59 Å². The van der Waals surface area contributed by atoms with Gasteiger partial charge in [0.2, 0.25) is 11.8 Å². The molecule has 3 aliphatic heterocycles. The third-order valence-electron chi connectivity index (χ3n) is 11.0. The van der Waals surface area contributed by atoms with Crippen molar-refractivity contribution in [1.82, 2.24) is 10.2 Å². The number of para-hydroxylation sites is 2. The van der Waals surface area contributed by atoms with E-state index in [-0.39, 0.29) is 30.6 Å². The number of aliphatic hydroxyl groups excluding tert-OH is 1. The summed E-state index contributed by atoms with van der Waals surface area (Å²) in [7, 11) is 0. The second kappa shape index (κ2) is 19.0. The van der Waals surface area contributed by atoms with E-state index in [1.54, 1.807) is 12.1 Å². The number of nitrogen functional groups attached to an aromatic ring is 1. The van der Waals surface area contributed by atoms with Crippen molar-refractivity contribution in [2.24, 2.45) is 0 Å². The summed E-state index contributed by atoms with van der Waals surface area (Å²) in [6.07, 6.45) is 4.63. The third-order valence-corrected chi connectivity index (χ3v) is 11.0. The molecule has 3 atom stereocenters. The number of piperidine rings is 1. The van der Waals surface area contributed by atoms with Crippen LogP contribution in [0.4, 0.5) is 11.4 Å². The molecule has 0 radical (unpaired) electrons. The zero-order valence-electron chi connectivity index (χ0n) is 32.0. The van der Waals surface area contributed by atoms with E-state index in [1.165, 1.54) is 0 Å². The van der Waals surface area contributed by atoms with E-state index in [0.717, 1.165) is 78.7 Å². The molecule has 0 aromatic heterocycles. The number of hydrogen-bond acceptors (Lipinski definition) is 9. The van der Waals surface area contributed by atoms with Crippen LogP contribution >= 0.6 is 0 Å². The van der Waals surface area contributed by atoms with Crippen molar-refractivity contribution in [1.29, 1.82) is 0 Å². The maximum atomic E-state index is 12.7. The summed E-state index contributed by atoms with van der Waals surface area (Å²) >= 11 is 0. The van der Waals surface area contributed by atoms with Crippen LogP contribution in [-0.2, 0) is 41.7 Å². The number of carbonyl (C=O) groups excluding carboxylic acids is 2. The number of nitrogens with one attached hydrogen (secondary N) is 2. The highest BCUT2D eigenvalue weighted by Gasteiger charge is 2.41. The molecule has 0 bridgehead atoms. The minimum Gasteiger partial charge on any atom is -0.397 e. The van der Waals surface area contributed by atoms with Gasteiger partial charge in [-0.05, 0) is 64.9 Å². The number of unbranched alkanes of at least 4 members (excludes halogenated alkanes) is 2. The van der Waals surface area contributed by atoms with Crippen LogP contribution < -0.4 is 16.4 Å². The predicted molar refractivity (Wildman–Crippen MR) is 215 cm³/mol. The molecule has 2 amide bonds. The van der Waals surface area contributed by atoms with Gasteiger partial charge in [-0.25, -0.2) is 0 Å². The van der Waals surface area contributed by atoms with E-state index < -0.39 is 12.1 Å². The molecule has 3 saturated heterocycles. The minimum atomic E-state index is -0.562. The van der Waals surface area contributed by atoms with E-state index in [0.29, 0.717) is 56.8 Å². The number of likely N-dealkylation sites (tertiary alicyclic amines) is 1. The monoisotopic (exact) mass is 762 g/mol. The van der Waals surface area contributed by atoms with E-state index in [4.69, 9.17) is 24.7 Å². The molecule has 0 saturated carbocycles. The van der Waals surface area contributed by atoms with Crippen LogP contribution in [0, 0.1) is 0 Å². The standard InChI is InChI=1S/C45H54N4O7/c46-39-12-4-5-13-40(39)48-43(52)15-3-1-2-14-42(51)47-29-33-8-6-9-35(26-33)36-10-7-11-37(27-36)44-55-38(28-41(56-44)34-18-16-32(31-50)17-19-34)30-49-22-20-45(21-23-49)53-24-25-54-45/h4-13,16-19,26-27,38,41,44,50H,1-3,14-15,20-25,28-31,46H2,(H,47,51)(H,48,52)/t38-,41+,44+/m1/s1. The number of nitrogens with two attached hydrogens (primary N) is 1. The normalized spacial score (nSPS) is 20.8. The molecule has 11 heteroatoms. The number of rotatable bonds is 15. The molecule has 11 nitrogen and oxygen atoms in total. The molecule has 4 aromatic rings. The van der Waals surface area contributed by atoms with E-state index in [2.05, 4.69) is 45.9 Å². The van der Waals surface area contributed by atoms with Gasteiger partial charge < -0.3 is 45.3 Å². The average Bonchev–Trinajstić information content (AvgIpc) is 3.69. The van der Waals surface area contributed by atoms with Gasteiger partial charge in [0.25, 0.3) is 0 Å². The lowest BCUT2D eigenvalue weighted by Crippen LogP contribution is -2.48. The lowest BCUT2D eigenvalue weighted by atomic mass is 9.97. The zero-order chi connectivity index (χ0) is 38.7. The molecule has 296 valence electrons. The Hall–Kier alpha value is -4.62. The summed E-state index contributed by atoms with van der Waals surface area (Å²) in [6, 6.07) is 31.7. The average molecular weight is 763 g/mol. The van der Waals surface area contributed by atoms with Crippen LogP contribution in [0.1, 0.15) is 86.0 Å². The van der Waals surface area contributed by atoms with E-state index in [1.807, 2.05) is 54.6 Å². The van der Waals surface area contributed by atoms with Crippen molar-refractivity contribution in [2.75, 3.05) is 43.9 Å². The maximum Gasteiger partial charge on any atom is 0.224 e. The van der Waals surface area contributed by atoms with Crippen LogP contribution in [0.3, 0.4) is 0 Å². The number of anilines is 2.